The fourth-order valence-electron chi connectivity index (χ4n) is 2.54. The summed E-state index contributed by atoms with van der Waals surface area (Å²) >= 11 is 5.10. The highest BCUT2D eigenvalue weighted by atomic mass is 32.1. The molecule has 1 aliphatic heterocycles. The van der Waals surface area contributed by atoms with Crippen molar-refractivity contribution in [3.8, 4) is 0 Å². The first-order valence-electron chi connectivity index (χ1n) is 6.42. The van der Waals surface area contributed by atoms with Gasteiger partial charge in [-0.05, 0) is 37.2 Å². The van der Waals surface area contributed by atoms with Crippen molar-refractivity contribution in [3.63, 3.8) is 0 Å². The van der Waals surface area contributed by atoms with Gasteiger partial charge in [0, 0.05) is 13.1 Å². The summed E-state index contributed by atoms with van der Waals surface area (Å²) in [5.41, 5.74) is 0.408. The highest BCUT2D eigenvalue weighted by Crippen LogP contribution is 2.21. The Labute approximate surface area is 119 Å². The van der Waals surface area contributed by atoms with Crippen LogP contribution < -0.4 is 0 Å². The molecule has 106 valence electrons. The lowest BCUT2D eigenvalue weighted by atomic mass is 10.3. The number of amides is 1. The number of carbonyl (C=O) groups is 1. The number of fused-ring (bicyclic) bond motifs is 1. The summed E-state index contributed by atoms with van der Waals surface area (Å²) in [7, 11) is 0. The van der Waals surface area contributed by atoms with E-state index in [2.05, 4.69) is 4.98 Å². The van der Waals surface area contributed by atoms with E-state index in [1.54, 1.807) is 4.90 Å². The monoisotopic (exact) mass is 297 g/mol. The van der Waals surface area contributed by atoms with Crippen LogP contribution in [0.15, 0.2) is 12.1 Å². The Bertz CT molecular complexity index is 731. The number of hydrogen-bond donors (Lipinski definition) is 1. The maximum absolute atomic E-state index is 13.9. The molecule has 4 nitrogen and oxygen atoms in total. The lowest BCUT2D eigenvalue weighted by Crippen LogP contribution is -2.31. The van der Waals surface area contributed by atoms with E-state index in [0.29, 0.717) is 18.6 Å². The molecule has 1 amide bonds. The van der Waals surface area contributed by atoms with Crippen LogP contribution in [0.3, 0.4) is 0 Å². The normalized spacial score (nSPS) is 15.2. The molecule has 2 aromatic rings. The topological polar surface area (TPSA) is 41.0 Å². The van der Waals surface area contributed by atoms with E-state index in [1.807, 2.05) is 0 Å². The zero-order chi connectivity index (χ0) is 14.3. The minimum absolute atomic E-state index is 0.0162. The standard InChI is InChI=1S/C13H13F2N3OS/c14-8-3-4-9-12(11(8)15)18(13(20)16-9)7-10(19)17-5-1-2-6-17/h3-4H,1-2,5-7H2,(H,16,20). The van der Waals surface area contributed by atoms with Crippen molar-refractivity contribution < 1.29 is 13.6 Å². The van der Waals surface area contributed by atoms with Gasteiger partial charge in [0.1, 0.15) is 12.1 Å². The highest BCUT2D eigenvalue weighted by Gasteiger charge is 2.21. The molecule has 0 aliphatic carbocycles. The van der Waals surface area contributed by atoms with Gasteiger partial charge in [0.25, 0.3) is 0 Å². The van der Waals surface area contributed by atoms with Gasteiger partial charge in [0.2, 0.25) is 5.91 Å². The summed E-state index contributed by atoms with van der Waals surface area (Å²) in [6, 6.07) is 2.45. The molecule has 1 saturated heterocycles. The number of rotatable bonds is 2. The maximum Gasteiger partial charge on any atom is 0.242 e. The molecule has 2 heterocycles. The van der Waals surface area contributed by atoms with Crippen LogP contribution in [0.2, 0.25) is 0 Å². The van der Waals surface area contributed by atoms with E-state index in [4.69, 9.17) is 12.2 Å². The van der Waals surface area contributed by atoms with Crippen molar-refractivity contribution in [3.05, 3.63) is 28.5 Å². The van der Waals surface area contributed by atoms with E-state index in [1.165, 1.54) is 10.6 Å². The van der Waals surface area contributed by atoms with Crippen LogP contribution in [0.25, 0.3) is 11.0 Å². The van der Waals surface area contributed by atoms with Crippen molar-refractivity contribution in [1.29, 1.82) is 0 Å². The van der Waals surface area contributed by atoms with E-state index in [9.17, 15) is 13.6 Å². The number of aromatic amines is 1. The van der Waals surface area contributed by atoms with Gasteiger partial charge in [-0.15, -0.1) is 0 Å². The van der Waals surface area contributed by atoms with Gasteiger partial charge in [-0.3, -0.25) is 4.79 Å². The second-order valence-electron chi connectivity index (χ2n) is 4.86. The first-order chi connectivity index (χ1) is 9.58. The summed E-state index contributed by atoms with van der Waals surface area (Å²) < 4.78 is 28.8. The Morgan fingerprint density at radius 2 is 2.00 bits per heavy atom. The molecule has 7 heteroatoms. The number of aromatic nitrogens is 2. The summed E-state index contributed by atoms with van der Waals surface area (Å²) in [6.45, 7) is 1.36. The van der Waals surface area contributed by atoms with Crippen LogP contribution in [0.5, 0.6) is 0 Å². The van der Waals surface area contributed by atoms with Gasteiger partial charge in [0.05, 0.1) is 5.52 Å². The smallest absolute Gasteiger partial charge is 0.242 e. The third kappa shape index (κ3) is 2.11. The Hall–Kier alpha value is -1.76. The Morgan fingerprint density at radius 1 is 1.30 bits per heavy atom. The average molecular weight is 297 g/mol. The number of H-pyrrole nitrogens is 1. The van der Waals surface area contributed by atoms with Crippen LogP contribution in [0.1, 0.15) is 12.8 Å². The predicted molar refractivity (Wildman–Crippen MR) is 72.9 cm³/mol. The largest absolute Gasteiger partial charge is 0.341 e. The third-order valence-electron chi connectivity index (χ3n) is 3.58. The van der Waals surface area contributed by atoms with Crippen molar-refractivity contribution in [2.75, 3.05) is 13.1 Å². The van der Waals surface area contributed by atoms with Gasteiger partial charge in [-0.1, -0.05) is 0 Å². The predicted octanol–water partition coefficient (Wildman–Crippen LogP) is 2.60. The van der Waals surface area contributed by atoms with Gasteiger partial charge in [-0.25, -0.2) is 8.78 Å². The van der Waals surface area contributed by atoms with E-state index in [0.717, 1.165) is 18.9 Å². The minimum atomic E-state index is -0.982. The number of hydrogen-bond acceptors (Lipinski definition) is 2. The second kappa shape index (κ2) is 4.97. The summed E-state index contributed by atoms with van der Waals surface area (Å²) in [5.74, 6) is -2.05. The highest BCUT2D eigenvalue weighted by molar-refractivity contribution is 7.71. The van der Waals surface area contributed by atoms with Crippen LogP contribution in [0.4, 0.5) is 8.78 Å². The van der Waals surface area contributed by atoms with Gasteiger partial charge < -0.3 is 14.5 Å². The molecular weight excluding hydrogens is 284 g/mol. The molecule has 0 radical (unpaired) electrons. The fourth-order valence-corrected chi connectivity index (χ4v) is 2.81. The van der Waals surface area contributed by atoms with Gasteiger partial charge in [-0.2, -0.15) is 0 Å². The summed E-state index contributed by atoms with van der Waals surface area (Å²) in [4.78, 5) is 16.6. The Balaban J connectivity index is 2.02. The van der Waals surface area contributed by atoms with Gasteiger partial charge >= 0.3 is 0 Å². The van der Waals surface area contributed by atoms with E-state index < -0.39 is 11.6 Å². The zero-order valence-corrected chi connectivity index (χ0v) is 11.5. The van der Waals surface area contributed by atoms with Crippen molar-refractivity contribution in [2.24, 2.45) is 0 Å². The molecule has 20 heavy (non-hydrogen) atoms. The molecule has 1 N–H and O–H groups in total. The Morgan fingerprint density at radius 3 is 2.70 bits per heavy atom. The fraction of sp³-hybridized carbons (Fsp3) is 0.385. The molecule has 1 aromatic heterocycles. The van der Waals surface area contributed by atoms with Crippen molar-refractivity contribution in [2.45, 2.75) is 19.4 Å². The number of halogens is 2. The van der Waals surface area contributed by atoms with Crippen molar-refractivity contribution >= 4 is 29.2 Å². The minimum Gasteiger partial charge on any atom is -0.341 e. The number of benzene rings is 1. The number of carbonyl (C=O) groups excluding carboxylic acids is 1. The molecular formula is C13H13F2N3OS. The van der Waals surface area contributed by atoms with Crippen LogP contribution in [-0.2, 0) is 11.3 Å². The van der Waals surface area contributed by atoms with Crippen LogP contribution in [0, 0.1) is 16.4 Å². The molecule has 0 saturated carbocycles. The quantitative estimate of drug-likeness (QED) is 0.866. The SMILES string of the molecule is O=C(Cn1c(=S)[nH]c2ccc(F)c(F)c21)N1CCCC1. The molecule has 0 spiro atoms. The lowest BCUT2D eigenvalue weighted by Gasteiger charge is -2.15. The molecule has 0 unspecified atom stereocenters. The molecule has 1 fully saturated rings. The van der Waals surface area contributed by atoms with Crippen LogP contribution in [-0.4, -0.2) is 33.4 Å². The molecule has 0 bridgehead atoms. The molecule has 3 rings (SSSR count). The number of likely N-dealkylation sites (tertiary alicyclic amines) is 1. The second-order valence-corrected chi connectivity index (χ2v) is 5.25. The number of nitrogens with zero attached hydrogens (tertiary/aromatic N) is 2. The number of nitrogens with one attached hydrogen (secondary N) is 1. The molecule has 1 aromatic carbocycles. The summed E-state index contributed by atoms with van der Waals surface area (Å²) in [5, 5.41) is 0. The maximum atomic E-state index is 13.9. The van der Waals surface area contributed by atoms with Crippen molar-refractivity contribution in [1.82, 2.24) is 14.5 Å². The summed E-state index contributed by atoms with van der Waals surface area (Å²) in [6.07, 6.45) is 1.96. The Kier molecular flexibility index (Phi) is 3.29. The number of imidazole rings is 1. The van der Waals surface area contributed by atoms with E-state index >= 15 is 0 Å². The molecule has 1 aliphatic rings. The van der Waals surface area contributed by atoms with Crippen LogP contribution >= 0.6 is 12.2 Å². The first kappa shape index (κ1) is 13.2. The zero-order valence-electron chi connectivity index (χ0n) is 10.7. The van der Waals surface area contributed by atoms with Gasteiger partial charge in [0.15, 0.2) is 16.4 Å². The first-order valence-corrected chi connectivity index (χ1v) is 6.83. The third-order valence-corrected chi connectivity index (χ3v) is 3.90. The molecule has 0 atom stereocenters. The average Bonchev–Trinajstić information content (AvgIpc) is 3.04. The van der Waals surface area contributed by atoms with E-state index in [-0.39, 0.29) is 22.7 Å². The lowest BCUT2D eigenvalue weighted by molar-refractivity contribution is -0.130.